The lowest BCUT2D eigenvalue weighted by Crippen LogP contribution is -2.02. The quantitative estimate of drug-likeness (QED) is 0.505. The standard InChI is InChI=1S/C17H17ClFN3S2/c1-3-7-22-16(12-8-11(2)23-9-12)20-21-17(22)24-10-13-14(18)5-4-6-15(13)19/h4-6,8-9H,3,7,10H2,1-2H3. The van der Waals surface area contributed by atoms with E-state index in [9.17, 15) is 4.39 Å². The minimum Gasteiger partial charge on any atom is -0.302 e. The van der Waals surface area contributed by atoms with E-state index in [0.29, 0.717) is 16.3 Å². The van der Waals surface area contributed by atoms with Crippen molar-refractivity contribution in [1.29, 1.82) is 0 Å². The Morgan fingerprint density at radius 2 is 2.17 bits per heavy atom. The van der Waals surface area contributed by atoms with E-state index in [1.165, 1.54) is 22.7 Å². The molecular weight excluding hydrogens is 365 g/mol. The summed E-state index contributed by atoms with van der Waals surface area (Å²) in [5.74, 6) is 1.00. The largest absolute Gasteiger partial charge is 0.302 e. The Morgan fingerprint density at radius 3 is 2.83 bits per heavy atom. The van der Waals surface area contributed by atoms with Gasteiger partial charge in [-0.15, -0.1) is 21.5 Å². The van der Waals surface area contributed by atoms with Gasteiger partial charge >= 0.3 is 0 Å². The van der Waals surface area contributed by atoms with Crippen molar-refractivity contribution in [2.75, 3.05) is 0 Å². The first-order valence-corrected chi connectivity index (χ1v) is 9.89. The van der Waals surface area contributed by atoms with E-state index in [2.05, 4.69) is 40.1 Å². The third kappa shape index (κ3) is 3.66. The topological polar surface area (TPSA) is 30.7 Å². The van der Waals surface area contributed by atoms with Crippen LogP contribution in [0.3, 0.4) is 0 Å². The van der Waals surface area contributed by atoms with Crippen molar-refractivity contribution in [3.05, 3.63) is 50.9 Å². The van der Waals surface area contributed by atoms with Gasteiger partial charge in [-0.1, -0.05) is 36.4 Å². The molecule has 0 unspecified atom stereocenters. The van der Waals surface area contributed by atoms with Crippen LogP contribution in [0.25, 0.3) is 11.4 Å². The minimum atomic E-state index is -0.287. The summed E-state index contributed by atoms with van der Waals surface area (Å²) in [6.07, 6.45) is 0.974. The molecule has 126 valence electrons. The average molecular weight is 382 g/mol. The normalized spacial score (nSPS) is 11.2. The molecule has 0 aliphatic heterocycles. The lowest BCUT2D eigenvalue weighted by Gasteiger charge is -2.09. The average Bonchev–Trinajstić information content (AvgIpc) is 3.14. The molecule has 0 bridgehead atoms. The van der Waals surface area contributed by atoms with E-state index in [1.807, 2.05) is 0 Å². The molecule has 0 amide bonds. The highest BCUT2D eigenvalue weighted by atomic mass is 35.5. The molecule has 0 aliphatic rings. The summed E-state index contributed by atoms with van der Waals surface area (Å²) in [4.78, 5) is 1.24. The highest BCUT2D eigenvalue weighted by Crippen LogP contribution is 2.31. The molecule has 0 atom stereocenters. The number of thioether (sulfide) groups is 1. The summed E-state index contributed by atoms with van der Waals surface area (Å²) in [5.41, 5.74) is 1.58. The number of halogens is 2. The van der Waals surface area contributed by atoms with Crippen LogP contribution in [0.1, 0.15) is 23.8 Å². The first-order valence-electron chi connectivity index (χ1n) is 7.64. The van der Waals surface area contributed by atoms with Gasteiger partial charge in [0.05, 0.1) is 0 Å². The zero-order valence-electron chi connectivity index (χ0n) is 13.4. The summed E-state index contributed by atoms with van der Waals surface area (Å²) < 4.78 is 16.0. The van der Waals surface area contributed by atoms with E-state index in [-0.39, 0.29) is 5.82 Å². The van der Waals surface area contributed by atoms with Gasteiger partial charge < -0.3 is 4.57 Å². The lowest BCUT2D eigenvalue weighted by atomic mass is 10.2. The Hall–Kier alpha value is -1.37. The third-order valence-corrected chi connectivity index (χ3v) is 5.77. The monoisotopic (exact) mass is 381 g/mol. The molecule has 24 heavy (non-hydrogen) atoms. The Labute approximate surface area is 153 Å². The van der Waals surface area contributed by atoms with E-state index in [0.717, 1.165) is 29.5 Å². The Morgan fingerprint density at radius 1 is 1.33 bits per heavy atom. The number of nitrogens with zero attached hydrogens (tertiary/aromatic N) is 3. The van der Waals surface area contributed by atoms with E-state index < -0.39 is 0 Å². The van der Waals surface area contributed by atoms with Crippen LogP contribution in [0.5, 0.6) is 0 Å². The molecule has 0 saturated heterocycles. The van der Waals surface area contributed by atoms with Crippen LogP contribution in [0.2, 0.25) is 5.02 Å². The molecular formula is C17H17ClFN3S2. The van der Waals surface area contributed by atoms with Crippen LogP contribution in [0, 0.1) is 12.7 Å². The van der Waals surface area contributed by atoms with Crippen molar-refractivity contribution < 1.29 is 4.39 Å². The third-order valence-electron chi connectivity index (χ3n) is 3.56. The molecule has 0 N–H and O–H groups in total. The van der Waals surface area contributed by atoms with Crippen LogP contribution in [0.4, 0.5) is 4.39 Å². The van der Waals surface area contributed by atoms with Gasteiger partial charge in [0.25, 0.3) is 0 Å². The van der Waals surface area contributed by atoms with Crippen LogP contribution < -0.4 is 0 Å². The predicted octanol–water partition coefficient (Wildman–Crippen LogP) is 5.81. The number of aromatic nitrogens is 3. The molecule has 0 spiro atoms. The predicted molar refractivity (Wildman–Crippen MR) is 99.3 cm³/mol. The van der Waals surface area contributed by atoms with Crippen molar-refractivity contribution in [3.8, 4) is 11.4 Å². The van der Waals surface area contributed by atoms with Gasteiger partial charge in [0.2, 0.25) is 0 Å². The fourth-order valence-corrected chi connectivity index (χ4v) is 4.39. The summed E-state index contributed by atoms with van der Waals surface area (Å²) in [5, 5.41) is 12.0. The Balaban J connectivity index is 1.87. The molecule has 0 saturated carbocycles. The van der Waals surface area contributed by atoms with Gasteiger partial charge in [0.15, 0.2) is 11.0 Å². The van der Waals surface area contributed by atoms with Crippen LogP contribution >= 0.6 is 34.7 Å². The van der Waals surface area contributed by atoms with Gasteiger partial charge in [-0.2, -0.15) is 0 Å². The molecule has 2 heterocycles. The second kappa shape index (κ2) is 7.68. The maximum absolute atomic E-state index is 13.9. The van der Waals surface area contributed by atoms with Gasteiger partial charge in [-0.05, 0) is 31.5 Å². The first-order chi connectivity index (χ1) is 11.6. The molecule has 3 nitrogen and oxygen atoms in total. The maximum Gasteiger partial charge on any atom is 0.191 e. The highest BCUT2D eigenvalue weighted by molar-refractivity contribution is 7.98. The van der Waals surface area contributed by atoms with E-state index >= 15 is 0 Å². The molecule has 0 radical (unpaired) electrons. The van der Waals surface area contributed by atoms with Gasteiger partial charge in [-0.25, -0.2) is 4.39 Å². The Kier molecular flexibility index (Phi) is 5.58. The van der Waals surface area contributed by atoms with Crippen LogP contribution in [-0.4, -0.2) is 14.8 Å². The summed E-state index contributed by atoms with van der Waals surface area (Å²) in [7, 11) is 0. The molecule has 2 aromatic heterocycles. The number of benzene rings is 1. The number of thiophene rings is 1. The van der Waals surface area contributed by atoms with E-state index in [1.54, 1.807) is 23.5 Å². The number of rotatable bonds is 6. The number of hydrogen-bond donors (Lipinski definition) is 0. The van der Waals surface area contributed by atoms with Crippen LogP contribution in [0.15, 0.2) is 34.8 Å². The lowest BCUT2D eigenvalue weighted by molar-refractivity contribution is 0.615. The summed E-state index contributed by atoms with van der Waals surface area (Å²) in [6.45, 7) is 5.01. The number of aryl methyl sites for hydroxylation is 1. The zero-order valence-corrected chi connectivity index (χ0v) is 15.8. The molecule has 3 rings (SSSR count). The highest BCUT2D eigenvalue weighted by Gasteiger charge is 2.16. The minimum absolute atomic E-state index is 0.287. The second-order valence-electron chi connectivity index (χ2n) is 5.39. The van der Waals surface area contributed by atoms with Crippen LogP contribution in [-0.2, 0) is 12.3 Å². The second-order valence-corrected chi connectivity index (χ2v) is 7.86. The molecule has 1 aromatic carbocycles. The van der Waals surface area contributed by atoms with Gasteiger partial charge in [-0.3, -0.25) is 0 Å². The maximum atomic E-state index is 13.9. The van der Waals surface area contributed by atoms with E-state index in [4.69, 9.17) is 11.6 Å². The summed E-state index contributed by atoms with van der Waals surface area (Å²) >= 11 is 9.26. The summed E-state index contributed by atoms with van der Waals surface area (Å²) in [6, 6.07) is 6.86. The van der Waals surface area contributed by atoms with Gasteiger partial charge in [0.1, 0.15) is 5.82 Å². The Bertz CT molecular complexity index is 824. The number of hydrogen-bond acceptors (Lipinski definition) is 4. The van der Waals surface area contributed by atoms with Crippen molar-refractivity contribution in [2.45, 2.75) is 37.7 Å². The molecule has 3 aromatic rings. The SMILES string of the molecule is CCCn1c(SCc2c(F)cccc2Cl)nnc1-c1csc(C)c1. The smallest absolute Gasteiger partial charge is 0.191 e. The fraction of sp³-hybridized carbons (Fsp3) is 0.294. The fourth-order valence-electron chi connectivity index (χ4n) is 2.40. The van der Waals surface area contributed by atoms with Crippen molar-refractivity contribution >= 4 is 34.7 Å². The molecule has 0 fully saturated rings. The molecule has 7 heteroatoms. The molecule has 0 aliphatic carbocycles. The first kappa shape index (κ1) is 17.5. The van der Waals surface area contributed by atoms with Crippen molar-refractivity contribution in [3.63, 3.8) is 0 Å². The van der Waals surface area contributed by atoms with Gasteiger partial charge in [0, 0.05) is 38.7 Å². The zero-order chi connectivity index (χ0) is 17.1. The van der Waals surface area contributed by atoms with Crippen molar-refractivity contribution in [1.82, 2.24) is 14.8 Å². The van der Waals surface area contributed by atoms with Crippen molar-refractivity contribution in [2.24, 2.45) is 0 Å².